The number of thioether (sulfide) groups is 1. The van der Waals surface area contributed by atoms with Crippen LogP contribution in [0.2, 0.25) is 5.02 Å². The van der Waals surface area contributed by atoms with E-state index in [1.165, 1.54) is 28.6 Å². The Balaban J connectivity index is 1.36. The van der Waals surface area contributed by atoms with Gasteiger partial charge in [-0.3, -0.25) is 9.48 Å². The minimum atomic E-state index is -4.52. The van der Waals surface area contributed by atoms with E-state index in [-0.39, 0.29) is 28.6 Å². The van der Waals surface area contributed by atoms with Gasteiger partial charge in [-0.05, 0) is 67.1 Å². The van der Waals surface area contributed by atoms with Crippen molar-refractivity contribution in [2.45, 2.75) is 32.1 Å². The quantitative estimate of drug-likeness (QED) is 0.456. The van der Waals surface area contributed by atoms with Crippen molar-refractivity contribution in [2.24, 2.45) is 4.99 Å². The number of amidine groups is 1. The standard InChI is InChI=1S/C25H23ClF3N5OS/c1-24(2)14-33(8-7-30-24)23-32-22(35)21(36-23)10-15-3-6-20-17(9-15)12-31-34(20)13-16-4-5-18(26)11-19(16)25(27,28)29/h3-6,9-12,30H,7-8,13-14H2,1-2H3/b21-10-. The predicted octanol–water partition coefficient (Wildman–Crippen LogP) is 5.41. The number of hydrogen-bond donors (Lipinski definition) is 1. The van der Waals surface area contributed by atoms with Crippen LogP contribution in [0.25, 0.3) is 17.0 Å². The molecule has 0 aliphatic carbocycles. The molecule has 6 nitrogen and oxygen atoms in total. The minimum absolute atomic E-state index is 0.0289. The average molecular weight is 534 g/mol. The lowest BCUT2D eigenvalue weighted by atomic mass is 10.0. The van der Waals surface area contributed by atoms with E-state index in [0.29, 0.717) is 15.6 Å². The molecule has 0 radical (unpaired) electrons. The number of amides is 1. The Hall–Kier alpha value is -2.82. The lowest BCUT2D eigenvalue weighted by Gasteiger charge is -2.39. The first-order chi connectivity index (χ1) is 17.0. The summed E-state index contributed by atoms with van der Waals surface area (Å²) in [6, 6.07) is 9.22. The molecule has 11 heteroatoms. The number of hydrogen-bond acceptors (Lipinski definition) is 5. The third-order valence-electron chi connectivity index (χ3n) is 6.11. The van der Waals surface area contributed by atoms with Crippen molar-refractivity contribution in [2.75, 3.05) is 19.6 Å². The van der Waals surface area contributed by atoms with Crippen LogP contribution in [-0.4, -0.2) is 50.9 Å². The second kappa shape index (κ2) is 9.24. The second-order valence-corrected chi connectivity index (χ2v) is 10.9. The van der Waals surface area contributed by atoms with Gasteiger partial charge in [0.15, 0.2) is 5.17 Å². The van der Waals surface area contributed by atoms with Gasteiger partial charge >= 0.3 is 6.18 Å². The molecule has 0 saturated carbocycles. The van der Waals surface area contributed by atoms with Crippen molar-refractivity contribution in [1.29, 1.82) is 0 Å². The number of carbonyl (C=O) groups excluding carboxylic acids is 1. The summed E-state index contributed by atoms with van der Waals surface area (Å²) in [5.74, 6) is -0.274. The third-order valence-corrected chi connectivity index (χ3v) is 7.39. The van der Waals surface area contributed by atoms with Crippen LogP contribution in [0.1, 0.15) is 30.5 Å². The molecule has 1 N–H and O–H groups in total. The summed E-state index contributed by atoms with van der Waals surface area (Å²) in [6.45, 7) is 6.54. The van der Waals surface area contributed by atoms with E-state index in [2.05, 4.69) is 34.2 Å². The van der Waals surface area contributed by atoms with E-state index < -0.39 is 11.7 Å². The Morgan fingerprint density at radius 1 is 1.22 bits per heavy atom. The largest absolute Gasteiger partial charge is 0.416 e. The number of halogens is 4. The fraction of sp³-hybridized carbons (Fsp3) is 0.320. The summed E-state index contributed by atoms with van der Waals surface area (Å²) in [7, 11) is 0. The number of benzene rings is 2. The Labute approximate surface area is 215 Å². The Bertz CT molecular complexity index is 1410. The molecule has 0 bridgehead atoms. The molecule has 36 heavy (non-hydrogen) atoms. The number of alkyl halides is 3. The van der Waals surface area contributed by atoms with Crippen LogP contribution in [0.3, 0.4) is 0 Å². The van der Waals surface area contributed by atoms with Gasteiger partial charge in [-0.25, -0.2) is 0 Å². The van der Waals surface area contributed by atoms with Crippen molar-refractivity contribution < 1.29 is 18.0 Å². The molecule has 0 atom stereocenters. The van der Waals surface area contributed by atoms with E-state index in [1.54, 1.807) is 18.3 Å². The van der Waals surface area contributed by atoms with Gasteiger partial charge in [0.05, 0.1) is 28.7 Å². The van der Waals surface area contributed by atoms with E-state index in [0.717, 1.165) is 36.7 Å². The first kappa shape index (κ1) is 24.9. The van der Waals surface area contributed by atoms with Crippen molar-refractivity contribution in [1.82, 2.24) is 20.0 Å². The van der Waals surface area contributed by atoms with Crippen LogP contribution in [0.4, 0.5) is 13.2 Å². The van der Waals surface area contributed by atoms with Gasteiger partial charge in [-0.1, -0.05) is 23.7 Å². The zero-order valence-electron chi connectivity index (χ0n) is 19.6. The highest BCUT2D eigenvalue weighted by Gasteiger charge is 2.34. The second-order valence-electron chi connectivity index (χ2n) is 9.46. The molecule has 3 heterocycles. The number of nitrogens with one attached hydrogen (secondary N) is 1. The molecule has 2 aliphatic rings. The number of aromatic nitrogens is 2. The molecular formula is C25H23ClF3N5OS. The van der Waals surface area contributed by atoms with Gasteiger partial charge in [0.25, 0.3) is 5.91 Å². The van der Waals surface area contributed by atoms with Gasteiger partial charge in [-0.2, -0.15) is 23.3 Å². The van der Waals surface area contributed by atoms with Crippen LogP contribution in [0.5, 0.6) is 0 Å². The van der Waals surface area contributed by atoms with Crippen molar-refractivity contribution in [3.8, 4) is 0 Å². The normalized spacial score (nSPS) is 19.4. The number of fused-ring (bicyclic) bond motifs is 1. The monoisotopic (exact) mass is 533 g/mol. The number of nitrogens with zero attached hydrogens (tertiary/aromatic N) is 4. The van der Waals surface area contributed by atoms with E-state index >= 15 is 0 Å². The number of piperazine rings is 1. The summed E-state index contributed by atoms with van der Waals surface area (Å²) in [6.07, 6.45) is -1.13. The summed E-state index contributed by atoms with van der Waals surface area (Å²) < 4.78 is 42.0. The van der Waals surface area contributed by atoms with Gasteiger partial charge in [0, 0.05) is 35.6 Å². The van der Waals surface area contributed by atoms with E-state index in [1.807, 2.05) is 12.1 Å². The molecule has 2 aliphatic heterocycles. The SMILES string of the molecule is CC1(C)CN(C2=NC(=O)/C(=C/c3ccc4c(cnn4Cc4ccc(Cl)cc4C(F)(F)F)c3)S2)CCN1. The van der Waals surface area contributed by atoms with Gasteiger partial charge in [0.1, 0.15) is 0 Å². The van der Waals surface area contributed by atoms with Crippen LogP contribution < -0.4 is 5.32 Å². The maximum absolute atomic E-state index is 13.5. The molecule has 0 spiro atoms. The van der Waals surface area contributed by atoms with Crippen LogP contribution in [-0.2, 0) is 17.5 Å². The summed E-state index contributed by atoms with van der Waals surface area (Å²) in [5, 5.41) is 9.24. The number of aliphatic imine (C=N–C) groups is 1. The number of carbonyl (C=O) groups is 1. The highest BCUT2D eigenvalue weighted by molar-refractivity contribution is 8.18. The van der Waals surface area contributed by atoms with E-state index in [9.17, 15) is 18.0 Å². The zero-order valence-corrected chi connectivity index (χ0v) is 21.1. The minimum Gasteiger partial charge on any atom is -0.348 e. The molecule has 0 unspecified atom stereocenters. The van der Waals surface area contributed by atoms with Gasteiger partial charge in [-0.15, -0.1) is 0 Å². The fourth-order valence-corrected chi connectivity index (χ4v) is 5.53. The predicted molar refractivity (Wildman–Crippen MR) is 137 cm³/mol. The van der Waals surface area contributed by atoms with Crippen LogP contribution in [0, 0.1) is 0 Å². The Morgan fingerprint density at radius 3 is 2.78 bits per heavy atom. The first-order valence-corrected chi connectivity index (χ1v) is 12.5. The molecular weight excluding hydrogens is 511 g/mol. The number of rotatable bonds is 3. The highest BCUT2D eigenvalue weighted by atomic mass is 35.5. The summed E-state index contributed by atoms with van der Waals surface area (Å²) in [4.78, 5) is 19.5. The summed E-state index contributed by atoms with van der Waals surface area (Å²) in [5.41, 5.74) is 0.717. The third kappa shape index (κ3) is 5.16. The topological polar surface area (TPSA) is 62.5 Å². The van der Waals surface area contributed by atoms with Gasteiger partial charge in [0.2, 0.25) is 0 Å². The fourth-order valence-electron chi connectivity index (χ4n) is 4.42. The van der Waals surface area contributed by atoms with Crippen molar-refractivity contribution in [3.05, 3.63) is 69.2 Å². The molecule has 5 rings (SSSR count). The molecule has 188 valence electrons. The average Bonchev–Trinajstić information content (AvgIpc) is 3.36. The zero-order chi connectivity index (χ0) is 25.7. The molecule has 3 aromatic rings. The maximum Gasteiger partial charge on any atom is 0.416 e. The Kier molecular flexibility index (Phi) is 6.38. The van der Waals surface area contributed by atoms with Crippen LogP contribution >= 0.6 is 23.4 Å². The lowest BCUT2D eigenvalue weighted by molar-refractivity contribution is -0.138. The molecule has 2 aromatic carbocycles. The lowest BCUT2D eigenvalue weighted by Crippen LogP contribution is -2.57. The Morgan fingerprint density at radius 2 is 2.03 bits per heavy atom. The van der Waals surface area contributed by atoms with E-state index in [4.69, 9.17) is 11.6 Å². The molecule has 1 saturated heterocycles. The van der Waals surface area contributed by atoms with Crippen molar-refractivity contribution in [3.63, 3.8) is 0 Å². The van der Waals surface area contributed by atoms with Crippen molar-refractivity contribution >= 4 is 51.4 Å². The highest BCUT2D eigenvalue weighted by Crippen LogP contribution is 2.35. The maximum atomic E-state index is 13.5. The molecule has 1 fully saturated rings. The summed E-state index contributed by atoms with van der Waals surface area (Å²) >= 11 is 7.16. The first-order valence-electron chi connectivity index (χ1n) is 11.3. The smallest absolute Gasteiger partial charge is 0.348 e. The molecule has 1 aromatic heterocycles. The van der Waals surface area contributed by atoms with Crippen LogP contribution in [0.15, 0.2) is 52.5 Å². The molecule has 1 amide bonds. The van der Waals surface area contributed by atoms with Gasteiger partial charge < -0.3 is 10.2 Å².